The average molecular weight is 322 g/mol. The second-order valence-corrected chi connectivity index (χ2v) is 5.74. The van der Waals surface area contributed by atoms with Crippen LogP contribution in [0.1, 0.15) is 42.1 Å². The minimum absolute atomic E-state index is 0.252. The van der Waals surface area contributed by atoms with Crippen molar-refractivity contribution in [2.24, 2.45) is 0 Å². The third-order valence-electron chi connectivity index (χ3n) is 3.55. The molecule has 0 aliphatic rings. The van der Waals surface area contributed by atoms with E-state index in [1.54, 1.807) is 18.2 Å². The average Bonchev–Trinajstić information content (AvgIpc) is 2.49. The van der Waals surface area contributed by atoms with E-state index in [4.69, 9.17) is 23.2 Å². The van der Waals surface area contributed by atoms with Gasteiger partial charge in [-0.2, -0.15) is 0 Å². The van der Waals surface area contributed by atoms with Crippen molar-refractivity contribution in [2.75, 3.05) is 5.32 Å². The van der Waals surface area contributed by atoms with Crippen LogP contribution in [0.5, 0.6) is 0 Å². The van der Waals surface area contributed by atoms with E-state index in [1.807, 2.05) is 24.3 Å². The van der Waals surface area contributed by atoms with Crippen LogP contribution in [0.15, 0.2) is 42.5 Å². The van der Waals surface area contributed by atoms with E-state index in [1.165, 1.54) is 0 Å². The summed E-state index contributed by atoms with van der Waals surface area (Å²) in [7, 11) is 0. The fourth-order valence-corrected chi connectivity index (χ4v) is 2.52. The van der Waals surface area contributed by atoms with Crippen molar-refractivity contribution in [2.45, 2.75) is 26.2 Å². The topological polar surface area (TPSA) is 29.1 Å². The number of amides is 1. The zero-order valence-electron chi connectivity index (χ0n) is 12.0. The summed E-state index contributed by atoms with van der Waals surface area (Å²) in [4.78, 5) is 12.4. The van der Waals surface area contributed by atoms with Gasteiger partial charge in [-0.3, -0.25) is 4.79 Å². The fourth-order valence-electron chi connectivity index (χ4n) is 2.13. The molecular weight excluding hydrogens is 305 g/mol. The van der Waals surface area contributed by atoms with Gasteiger partial charge in [0.15, 0.2) is 0 Å². The summed E-state index contributed by atoms with van der Waals surface area (Å²) >= 11 is 12.0. The van der Waals surface area contributed by atoms with Crippen LogP contribution >= 0.6 is 23.2 Å². The largest absolute Gasteiger partial charge is 0.322 e. The lowest BCUT2D eigenvalue weighted by Gasteiger charge is -2.16. The number of carbonyl (C=O) groups is 1. The number of nitrogens with one attached hydrogen (secondary N) is 1. The van der Waals surface area contributed by atoms with Crippen LogP contribution in [0.2, 0.25) is 10.0 Å². The Labute approximate surface area is 135 Å². The highest BCUT2D eigenvalue weighted by Crippen LogP contribution is 2.29. The fraction of sp³-hybridized carbons (Fsp3) is 0.235. The Kier molecular flexibility index (Phi) is 5.27. The van der Waals surface area contributed by atoms with E-state index in [2.05, 4.69) is 19.2 Å². The number of hydrogen-bond donors (Lipinski definition) is 1. The minimum atomic E-state index is -0.252. The molecule has 21 heavy (non-hydrogen) atoms. The Balaban J connectivity index is 2.30. The van der Waals surface area contributed by atoms with Gasteiger partial charge in [0.1, 0.15) is 0 Å². The summed E-state index contributed by atoms with van der Waals surface area (Å²) in [6.45, 7) is 4.26. The molecule has 0 spiro atoms. The summed E-state index contributed by atoms with van der Waals surface area (Å²) in [5.74, 6) is 0.120. The van der Waals surface area contributed by atoms with Gasteiger partial charge in [-0.25, -0.2) is 0 Å². The molecule has 0 fully saturated rings. The Bertz CT molecular complexity index is 655. The maximum atomic E-state index is 12.4. The molecule has 4 heteroatoms. The molecule has 110 valence electrons. The molecule has 0 radical (unpaired) electrons. The molecule has 0 saturated heterocycles. The van der Waals surface area contributed by atoms with Gasteiger partial charge in [0.05, 0.1) is 15.6 Å². The van der Waals surface area contributed by atoms with Crippen LogP contribution in [-0.4, -0.2) is 5.91 Å². The molecule has 0 bridgehead atoms. The van der Waals surface area contributed by atoms with Crippen LogP contribution in [0.25, 0.3) is 0 Å². The lowest BCUT2D eigenvalue weighted by atomic mass is 9.97. The Morgan fingerprint density at radius 1 is 1.14 bits per heavy atom. The van der Waals surface area contributed by atoms with E-state index in [9.17, 15) is 4.79 Å². The molecule has 0 aliphatic carbocycles. The quantitative estimate of drug-likeness (QED) is 0.762. The molecule has 0 aliphatic heterocycles. The van der Waals surface area contributed by atoms with E-state index in [-0.39, 0.29) is 10.9 Å². The first-order chi connectivity index (χ1) is 10.0. The number of benzene rings is 2. The van der Waals surface area contributed by atoms with Gasteiger partial charge >= 0.3 is 0 Å². The molecule has 0 saturated carbocycles. The molecular formula is C17H17Cl2NO. The zero-order valence-corrected chi connectivity index (χ0v) is 13.5. The number of para-hydroxylation sites is 1. The van der Waals surface area contributed by atoms with Gasteiger partial charge in [-0.05, 0) is 36.1 Å². The lowest BCUT2D eigenvalue weighted by Crippen LogP contribution is -2.14. The van der Waals surface area contributed by atoms with Gasteiger partial charge in [-0.15, -0.1) is 0 Å². The van der Waals surface area contributed by atoms with Gasteiger partial charge in [0, 0.05) is 5.69 Å². The standard InChI is InChI=1S/C17H17Cl2NO/c1-3-11(2)12-7-4-5-10-15(12)20-17(21)13-8-6-9-14(18)16(13)19/h4-11H,3H2,1-2H3,(H,20,21). The smallest absolute Gasteiger partial charge is 0.257 e. The van der Waals surface area contributed by atoms with Crippen molar-refractivity contribution in [3.8, 4) is 0 Å². The minimum Gasteiger partial charge on any atom is -0.322 e. The maximum absolute atomic E-state index is 12.4. The van der Waals surface area contributed by atoms with Crippen molar-refractivity contribution >= 4 is 34.8 Å². The molecule has 0 heterocycles. The third-order valence-corrected chi connectivity index (χ3v) is 4.37. The molecule has 2 aromatic rings. The van der Waals surface area contributed by atoms with Crippen LogP contribution in [0.4, 0.5) is 5.69 Å². The SMILES string of the molecule is CCC(C)c1ccccc1NC(=O)c1cccc(Cl)c1Cl. The van der Waals surface area contributed by atoms with Crippen LogP contribution in [0.3, 0.4) is 0 Å². The molecule has 2 aromatic carbocycles. The lowest BCUT2D eigenvalue weighted by molar-refractivity contribution is 0.102. The van der Waals surface area contributed by atoms with Crippen molar-refractivity contribution in [3.63, 3.8) is 0 Å². The molecule has 1 amide bonds. The van der Waals surface area contributed by atoms with Gasteiger partial charge in [-0.1, -0.05) is 61.3 Å². The molecule has 0 aromatic heterocycles. The summed E-state index contributed by atoms with van der Waals surface area (Å²) in [6, 6.07) is 12.8. The van der Waals surface area contributed by atoms with Gasteiger partial charge in [0.2, 0.25) is 0 Å². The first-order valence-electron chi connectivity index (χ1n) is 6.88. The monoisotopic (exact) mass is 321 g/mol. The summed E-state index contributed by atoms with van der Waals surface area (Å²) in [6.07, 6.45) is 1.00. The predicted molar refractivity (Wildman–Crippen MR) is 89.6 cm³/mol. The number of rotatable bonds is 4. The number of hydrogen-bond acceptors (Lipinski definition) is 1. The van der Waals surface area contributed by atoms with E-state index >= 15 is 0 Å². The van der Waals surface area contributed by atoms with Gasteiger partial charge in [0.25, 0.3) is 5.91 Å². The molecule has 1 atom stereocenters. The zero-order chi connectivity index (χ0) is 15.4. The summed E-state index contributed by atoms with van der Waals surface area (Å²) in [5, 5.41) is 3.58. The second-order valence-electron chi connectivity index (χ2n) is 4.95. The van der Waals surface area contributed by atoms with Crippen LogP contribution < -0.4 is 5.32 Å². The molecule has 1 unspecified atom stereocenters. The maximum Gasteiger partial charge on any atom is 0.257 e. The first kappa shape index (κ1) is 15.9. The Hall–Kier alpha value is -1.51. The number of halogens is 2. The predicted octanol–water partition coefficient (Wildman–Crippen LogP) is 5.76. The first-order valence-corrected chi connectivity index (χ1v) is 7.64. The normalized spacial score (nSPS) is 12.0. The highest BCUT2D eigenvalue weighted by molar-refractivity contribution is 6.44. The van der Waals surface area contributed by atoms with E-state index in [0.29, 0.717) is 16.5 Å². The van der Waals surface area contributed by atoms with Crippen molar-refractivity contribution in [1.29, 1.82) is 0 Å². The van der Waals surface area contributed by atoms with E-state index in [0.717, 1.165) is 17.7 Å². The van der Waals surface area contributed by atoms with Crippen molar-refractivity contribution < 1.29 is 4.79 Å². The number of anilines is 1. The molecule has 2 nitrogen and oxygen atoms in total. The van der Waals surface area contributed by atoms with Crippen LogP contribution in [0, 0.1) is 0 Å². The van der Waals surface area contributed by atoms with Crippen LogP contribution in [-0.2, 0) is 0 Å². The molecule has 1 N–H and O–H groups in total. The van der Waals surface area contributed by atoms with Gasteiger partial charge < -0.3 is 5.32 Å². The highest BCUT2D eigenvalue weighted by atomic mass is 35.5. The Morgan fingerprint density at radius 2 is 1.86 bits per heavy atom. The van der Waals surface area contributed by atoms with E-state index < -0.39 is 0 Å². The van der Waals surface area contributed by atoms with Crippen molar-refractivity contribution in [3.05, 3.63) is 63.6 Å². The summed E-state index contributed by atoms with van der Waals surface area (Å²) < 4.78 is 0. The third kappa shape index (κ3) is 3.58. The highest BCUT2D eigenvalue weighted by Gasteiger charge is 2.15. The van der Waals surface area contributed by atoms with Crippen molar-refractivity contribution in [1.82, 2.24) is 0 Å². The number of carbonyl (C=O) groups excluding carboxylic acids is 1. The second kappa shape index (κ2) is 6.97. The molecule has 2 rings (SSSR count). The Morgan fingerprint density at radius 3 is 2.57 bits per heavy atom. The summed E-state index contributed by atoms with van der Waals surface area (Å²) in [5.41, 5.74) is 2.31.